The Labute approximate surface area is 106 Å². The van der Waals surface area contributed by atoms with Gasteiger partial charge >= 0.3 is 6.18 Å². The van der Waals surface area contributed by atoms with Crippen LogP contribution in [0.3, 0.4) is 0 Å². The summed E-state index contributed by atoms with van der Waals surface area (Å²) in [7, 11) is 0. The molecule has 0 aliphatic carbocycles. The number of pyridine rings is 1. The Hall–Kier alpha value is -1.75. The number of anilines is 1. The Morgan fingerprint density at radius 3 is 2.22 bits per heavy atom. The van der Waals surface area contributed by atoms with Crippen LogP contribution < -0.4 is 10.7 Å². The minimum Gasteiger partial charge on any atom is -0.398 e. The molecule has 1 aromatic heterocycles. The fourth-order valence-corrected chi connectivity index (χ4v) is 1.68. The summed E-state index contributed by atoms with van der Waals surface area (Å²) in [4.78, 5) is 2.19. The molecule has 18 heavy (non-hydrogen) atoms. The molecule has 0 spiro atoms. The van der Waals surface area contributed by atoms with Gasteiger partial charge in [-0.2, -0.15) is 13.2 Å². The number of alkyl halides is 3. The predicted molar refractivity (Wildman–Crippen MR) is 62.9 cm³/mol. The van der Waals surface area contributed by atoms with Gasteiger partial charge in [-0.25, -0.2) is 4.98 Å². The van der Waals surface area contributed by atoms with E-state index in [1.165, 1.54) is 6.20 Å². The molecule has 0 unspecified atom stereocenters. The summed E-state index contributed by atoms with van der Waals surface area (Å²) in [5.74, 6) is 0. The fourth-order valence-electron chi connectivity index (χ4n) is 1.55. The molecule has 2 aromatic rings. The first-order valence-electron chi connectivity index (χ1n) is 5.02. The van der Waals surface area contributed by atoms with Gasteiger partial charge in [0.05, 0.1) is 11.3 Å². The quantitative estimate of drug-likeness (QED) is 0.850. The number of nitrogens with two attached hydrogens (primary N) is 1. The van der Waals surface area contributed by atoms with Crippen LogP contribution in [0.25, 0.3) is 11.1 Å². The molecule has 1 heterocycles. The SMILES string of the molecule is Nc1cc(C(F)(F)F)[nH+]cc1-c1ccc(Cl)cc1. The Morgan fingerprint density at radius 2 is 1.72 bits per heavy atom. The second-order valence-electron chi connectivity index (χ2n) is 3.72. The average molecular weight is 274 g/mol. The summed E-state index contributed by atoms with van der Waals surface area (Å²) < 4.78 is 37.4. The van der Waals surface area contributed by atoms with Crippen molar-refractivity contribution in [2.45, 2.75) is 6.18 Å². The van der Waals surface area contributed by atoms with Crippen LogP contribution in [0.5, 0.6) is 0 Å². The van der Waals surface area contributed by atoms with E-state index in [2.05, 4.69) is 4.98 Å². The van der Waals surface area contributed by atoms with E-state index in [9.17, 15) is 13.2 Å². The smallest absolute Gasteiger partial charge is 0.398 e. The van der Waals surface area contributed by atoms with Crippen molar-refractivity contribution in [3.05, 3.63) is 47.2 Å². The van der Waals surface area contributed by atoms with Gasteiger partial charge in [0.2, 0.25) is 0 Å². The third-order valence-electron chi connectivity index (χ3n) is 2.44. The molecule has 2 rings (SSSR count). The summed E-state index contributed by atoms with van der Waals surface area (Å²) in [5.41, 5.74) is 6.01. The van der Waals surface area contributed by atoms with Crippen LogP contribution in [0, 0.1) is 0 Å². The van der Waals surface area contributed by atoms with Gasteiger partial charge in [-0.1, -0.05) is 23.7 Å². The molecule has 0 amide bonds. The number of hydrogen-bond acceptors (Lipinski definition) is 1. The van der Waals surface area contributed by atoms with Crippen LogP contribution in [0.4, 0.5) is 18.9 Å². The highest BCUT2D eigenvalue weighted by atomic mass is 35.5. The number of H-pyrrole nitrogens is 1. The third kappa shape index (κ3) is 2.56. The van der Waals surface area contributed by atoms with Crippen molar-refractivity contribution in [2.24, 2.45) is 0 Å². The molecule has 2 nitrogen and oxygen atoms in total. The van der Waals surface area contributed by atoms with Gasteiger partial charge in [-0.05, 0) is 17.7 Å². The lowest BCUT2D eigenvalue weighted by molar-refractivity contribution is -0.425. The topological polar surface area (TPSA) is 40.2 Å². The van der Waals surface area contributed by atoms with Crippen LogP contribution >= 0.6 is 11.6 Å². The lowest BCUT2D eigenvalue weighted by atomic mass is 10.1. The number of nitrogen functional groups attached to an aromatic ring is 1. The highest BCUT2D eigenvalue weighted by Gasteiger charge is 2.38. The van der Waals surface area contributed by atoms with Gasteiger partial charge in [0, 0.05) is 11.1 Å². The van der Waals surface area contributed by atoms with Gasteiger partial charge < -0.3 is 5.73 Å². The van der Waals surface area contributed by atoms with Gasteiger partial charge in [-0.15, -0.1) is 0 Å². The summed E-state index contributed by atoms with van der Waals surface area (Å²) >= 11 is 5.74. The average Bonchev–Trinajstić information content (AvgIpc) is 2.29. The number of rotatable bonds is 1. The second-order valence-corrected chi connectivity index (χ2v) is 4.16. The maximum Gasteiger partial charge on any atom is 0.477 e. The van der Waals surface area contributed by atoms with Crippen molar-refractivity contribution in [3.8, 4) is 11.1 Å². The Kier molecular flexibility index (Phi) is 3.17. The zero-order valence-electron chi connectivity index (χ0n) is 9.05. The number of nitrogens with one attached hydrogen (secondary N) is 1. The normalized spacial score (nSPS) is 11.6. The first-order valence-corrected chi connectivity index (χ1v) is 5.40. The second kappa shape index (κ2) is 4.49. The molecule has 94 valence electrons. The van der Waals surface area contributed by atoms with Gasteiger partial charge in [0.15, 0.2) is 6.20 Å². The van der Waals surface area contributed by atoms with E-state index in [0.29, 0.717) is 16.1 Å². The van der Waals surface area contributed by atoms with E-state index in [4.69, 9.17) is 17.3 Å². The molecule has 0 saturated carbocycles. The van der Waals surface area contributed by atoms with Crippen LogP contribution in [0.1, 0.15) is 5.69 Å². The van der Waals surface area contributed by atoms with Crippen LogP contribution in [-0.4, -0.2) is 0 Å². The standard InChI is InChI=1S/C12H8ClF3N2/c13-8-3-1-7(2-4-8)9-6-18-11(5-10(9)17)12(14,15)16/h1-6H,(H2,17,18)/p+1. The minimum atomic E-state index is -4.44. The molecular weight excluding hydrogens is 265 g/mol. The van der Waals surface area contributed by atoms with Crippen molar-refractivity contribution < 1.29 is 18.2 Å². The van der Waals surface area contributed by atoms with Gasteiger partial charge in [-0.3, -0.25) is 0 Å². The van der Waals surface area contributed by atoms with E-state index in [0.717, 1.165) is 6.07 Å². The van der Waals surface area contributed by atoms with Crippen molar-refractivity contribution in [3.63, 3.8) is 0 Å². The molecule has 0 radical (unpaired) electrons. The fraction of sp³-hybridized carbons (Fsp3) is 0.0833. The molecule has 0 fully saturated rings. The van der Waals surface area contributed by atoms with Crippen molar-refractivity contribution in [1.29, 1.82) is 0 Å². The summed E-state index contributed by atoms with van der Waals surface area (Å²) in [6.45, 7) is 0. The monoisotopic (exact) mass is 273 g/mol. The Balaban J connectivity index is 2.45. The molecule has 0 aliphatic rings. The summed E-state index contributed by atoms with van der Waals surface area (Å²) in [5, 5.41) is 0.549. The number of aromatic amines is 1. The first kappa shape index (κ1) is 12.7. The van der Waals surface area contributed by atoms with Crippen molar-refractivity contribution in [1.82, 2.24) is 0 Å². The van der Waals surface area contributed by atoms with Crippen LogP contribution in [0.2, 0.25) is 5.02 Å². The molecule has 0 atom stereocenters. The van der Waals surface area contributed by atoms with Crippen molar-refractivity contribution >= 4 is 17.3 Å². The van der Waals surface area contributed by atoms with E-state index in [1.54, 1.807) is 24.3 Å². The maximum atomic E-state index is 12.5. The van der Waals surface area contributed by atoms with E-state index < -0.39 is 11.9 Å². The molecule has 6 heteroatoms. The van der Waals surface area contributed by atoms with Crippen molar-refractivity contribution in [2.75, 3.05) is 5.73 Å². The Bertz CT molecular complexity index is 565. The first-order chi connectivity index (χ1) is 8.38. The largest absolute Gasteiger partial charge is 0.477 e. The predicted octanol–water partition coefficient (Wildman–Crippen LogP) is 3.42. The number of hydrogen-bond donors (Lipinski definition) is 1. The zero-order valence-corrected chi connectivity index (χ0v) is 9.81. The van der Waals surface area contributed by atoms with Gasteiger partial charge in [0.25, 0.3) is 5.69 Å². The highest BCUT2D eigenvalue weighted by Crippen LogP contribution is 2.31. The number of aromatic nitrogens is 1. The molecule has 0 bridgehead atoms. The minimum absolute atomic E-state index is 0.0587. The summed E-state index contributed by atoms with van der Waals surface area (Å²) in [6.07, 6.45) is -3.20. The molecule has 3 N–H and O–H groups in total. The maximum absolute atomic E-state index is 12.5. The lowest BCUT2D eigenvalue weighted by Crippen LogP contribution is -2.21. The van der Waals surface area contributed by atoms with Crippen LogP contribution in [0.15, 0.2) is 36.5 Å². The molecular formula is C12H9ClF3N2+. The van der Waals surface area contributed by atoms with E-state index in [1.807, 2.05) is 0 Å². The third-order valence-corrected chi connectivity index (χ3v) is 2.70. The molecule has 0 aliphatic heterocycles. The molecule has 1 aromatic carbocycles. The number of benzene rings is 1. The van der Waals surface area contributed by atoms with Crippen LogP contribution in [-0.2, 0) is 6.18 Å². The summed E-state index contributed by atoms with van der Waals surface area (Å²) in [6, 6.07) is 7.55. The number of halogens is 4. The highest BCUT2D eigenvalue weighted by molar-refractivity contribution is 6.30. The van der Waals surface area contributed by atoms with Gasteiger partial charge in [0.1, 0.15) is 0 Å². The zero-order chi connectivity index (χ0) is 13.3. The van der Waals surface area contributed by atoms with E-state index in [-0.39, 0.29) is 5.69 Å². The Morgan fingerprint density at radius 1 is 1.11 bits per heavy atom. The molecule has 0 saturated heterocycles. The van der Waals surface area contributed by atoms with E-state index >= 15 is 0 Å². The lowest BCUT2D eigenvalue weighted by Gasteiger charge is -2.05.